The molecule has 116 valence electrons. The van der Waals surface area contributed by atoms with Crippen molar-refractivity contribution in [2.24, 2.45) is 16.7 Å². The number of hydrogen-bond donors (Lipinski definition) is 3. The zero-order valence-electron chi connectivity index (χ0n) is 12.8. The second-order valence-corrected chi connectivity index (χ2v) is 6.33. The average Bonchev–Trinajstić information content (AvgIpc) is 2.48. The lowest BCUT2D eigenvalue weighted by atomic mass is 9.95. The van der Waals surface area contributed by atoms with Gasteiger partial charge in [-0.05, 0) is 37.3 Å². The van der Waals surface area contributed by atoms with Gasteiger partial charge < -0.3 is 11.1 Å². The molecule has 1 saturated carbocycles. The van der Waals surface area contributed by atoms with Crippen molar-refractivity contribution < 1.29 is 0 Å². The van der Waals surface area contributed by atoms with Crippen molar-refractivity contribution in [3.05, 3.63) is 23.8 Å². The number of amidine groups is 1. The van der Waals surface area contributed by atoms with Gasteiger partial charge in [-0.25, -0.2) is 11.0 Å². The smallest absolute Gasteiger partial charge is 0.154 e. The summed E-state index contributed by atoms with van der Waals surface area (Å²) < 4.78 is 0. The fourth-order valence-electron chi connectivity index (χ4n) is 2.68. The highest BCUT2D eigenvalue weighted by Gasteiger charge is 2.16. The third-order valence-electron chi connectivity index (χ3n) is 3.73. The van der Waals surface area contributed by atoms with Crippen LogP contribution < -0.4 is 16.9 Å². The molecule has 0 aliphatic heterocycles. The van der Waals surface area contributed by atoms with E-state index in [-0.39, 0.29) is 0 Å². The minimum Gasteiger partial charge on any atom is -0.382 e. The highest BCUT2D eigenvalue weighted by atomic mass is 32.2. The topological polar surface area (TPSA) is 79.7 Å². The molecule has 1 aromatic carbocycles. The van der Waals surface area contributed by atoms with E-state index in [4.69, 9.17) is 11.6 Å². The molecule has 6 heteroatoms. The van der Waals surface area contributed by atoms with Crippen LogP contribution in [0.4, 0.5) is 5.69 Å². The number of nitrogens with two attached hydrogens (primary N) is 2. The van der Waals surface area contributed by atoms with E-state index >= 15 is 0 Å². The maximum absolute atomic E-state index is 6.10. The Morgan fingerprint density at radius 2 is 2.05 bits per heavy atom. The van der Waals surface area contributed by atoms with Crippen LogP contribution in [-0.4, -0.2) is 30.3 Å². The van der Waals surface area contributed by atoms with E-state index in [0.717, 1.165) is 16.1 Å². The normalized spacial score (nSPS) is 16.8. The summed E-state index contributed by atoms with van der Waals surface area (Å²) in [5.41, 5.74) is 8.07. The number of hydrazone groups is 1. The molecule has 0 amide bonds. The predicted octanol–water partition coefficient (Wildman–Crippen LogP) is 2.58. The molecule has 1 aliphatic rings. The van der Waals surface area contributed by atoms with E-state index in [1.165, 1.54) is 37.2 Å². The lowest BCUT2D eigenvalue weighted by Gasteiger charge is -2.25. The minimum absolute atomic E-state index is 0.439. The summed E-state index contributed by atoms with van der Waals surface area (Å²) >= 11 is 1.69. The Hall–Kier alpha value is -1.40. The van der Waals surface area contributed by atoms with E-state index in [1.54, 1.807) is 18.8 Å². The number of rotatable bonds is 5. The largest absolute Gasteiger partial charge is 0.382 e. The van der Waals surface area contributed by atoms with Gasteiger partial charge in [-0.3, -0.25) is 0 Å². The number of anilines is 1. The van der Waals surface area contributed by atoms with Gasteiger partial charge in [0.25, 0.3) is 0 Å². The van der Waals surface area contributed by atoms with Crippen LogP contribution in [0.15, 0.2) is 28.2 Å². The van der Waals surface area contributed by atoms with Crippen LogP contribution in [0.1, 0.15) is 37.7 Å². The lowest BCUT2D eigenvalue weighted by Crippen LogP contribution is -2.28. The number of hydrogen-bond acceptors (Lipinski definition) is 5. The lowest BCUT2D eigenvalue weighted by molar-refractivity contribution is 0.371. The van der Waals surface area contributed by atoms with Gasteiger partial charge in [-0.2, -0.15) is 0 Å². The van der Waals surface area contributed by atoms with Crippen LogP contribution in [0, 0.1) is 0 Å². The second-order valence-electron chi connectivity index (χ2n) is 5.45. The zero-order chi connectivity index (χ0) is 15.2. The van der Waals surface area contributed by atoms with Gasteiger partial charge in [0.05, 0.1) is 0 Å². The first-order valence-electron chi connectivity index (χ1n) is 7.37. The van der Waals surface area contributed by atoms with Crippen LogP contribution in [-0.2, 0) is 0 Å². The molecule has 0 spiro atoms. The molecule has 1 fully saturated rings. The first-order valence-corrected chi connectivity index (χ1v) is 8.60. The van der Waals surface area contributed by atoms with Gasteiger partial charge in [-0.15, -0.1) is 16.9 Å². The first kappa shape index (κ1) is 16.0. The molecule has 0 aromatic heterocycles. The number of nitrogens with zero attached hydrogens (tertiary/aromatic N) is 2. The molecule has 0 unspecified atom stereocenters. The molecule has 2 rings (SSSR count). The summed E-state index contributed by atoms with van der Waals surface area (Å²) in [6.07, 6.45) is 8.43. The van der Waals surface area contributed by atoms with Gasteiger partial charge in [0.2, 0.25) is 0 Å². The van der Waals surface area contributed by atoms with Crippen molar-refractivity contribution in [3.63, 3.8) is 0 Å². The molecule has 5 N–H and O–H groups in total. The van der Waals surface area contributed by atoms with Gasteiger partial charge in [0.15, 0.2) is 5.84 Å². The van der Waals surface area contributed by atoms with E-state index in [0.29, 0.717) is 11.9 Å². The molecule has 1 aromatic rings. The quantitative estimate of drug-likeness (QED) is 0.256. The van der Waals surface area contributed by atoms with Crippen LogP contribution in [0.25, 0.3) is 0 Å². The second kappa shape index (κ2) is 7.56. The molecule has 21 heavy (non-hydrogen) atoms. The van der Waals surface area contributed by atoms with Crippen molar-refractivity contribution in [2.75, 3.05) is 18.6 Å². The molecular weight excluding hydrogens is 282 g/mol. The van der Waals surface area contributed by atoms with Crippen molar-refractivity contribution in [3.8, 4) is 0 Å². The number of hydrazine groups is 1. The zero-order valence-corrected chi connectivity index (χ0v) is 13.6. The summed E-state index contributed by atoms with van der Waals surface area (Å²) in [6.45, 7) is 0. The highest BCUT2D eigenvalue weighted by Crippen LogP contribution is 2.27. The number of benzene rings is 1. The Balaban J connectivity index is 2.26. The summed E-state index contributed by atoms with van der Waals surface area (Å²) in [5, 5.41) is 9.00. The summed E-state index contributed by atoms with van der Waals surface area (Å²) in [5.74, 6) is 6.01. The first-order chi connectivity index (χ1) is 10.1. The summed E-state index contributed by atoms with van der Waals surface area (Å²) in [4.78, 5) is 1.16. The summed E-state index contributed by atoms with van der Waals surface area (Å²) in [7, 11) is 1.67. The van der Waals surface area contributed by atoms with E-state index in [9.17, 15) is 0 Å². The average molecular weight is 307 g/mol. The van der Waals surface area contributed by atoms with Crippen LogP contribution in [0.2, 0.25) is 0 Å². The summed E-state index contributed by atoms with van der Waals surface area (Å²) in [6, 6.07) is 6.80. The Bertz CT molecular complexity index is 495. The fourth-order valence-corrected chi connectivity index (χ4v) is 3.12. The maximum atomic E-state index is 6.10. The van der Waals surface area contributed by atoms with Crippen molar-refractivity contribution in [1.29, 1.82) is 0 Å². The molecular formula is C15H25N5S. The third-order valence-corrected chi connectivity index (χ3v) is 4.46. The van der Waals surface area contributed by atoms with Gasteiger partial charge >= 0.3 is 0 Å². The SMILES string of the molecule is CSc1ccc(NC2CCCCC2)c(/C(N)=N/N(C)N)c1. The molecule has 0 heterocycles. The van der Waals surface area contributed by atoms with Crippen LogP contribution >= 0.6 is 11.8 Å². The minimum atomic E-state index is 0.439. The maximum Gasteiger partial charge on any atom is 0.154 e. The molecule has 0 saturated heterocycles. The van der Waals surface area contributed by atoms with E-state index in [2.05, 4.69) is 34.9 Å². The third kappa shape index (κ3) is 4.54. The fraction of sp³-hybridized carbons (Fsp3) is 0.533. The van der Waals surface area contributed by atoms with Crippen molar-refractivity contribution >= 4 is 23.3 Å². The number of thioether (sulfide) groups is 1. The monoisotopic (exact) mass is 307 g/mol. The van der Waals surface area contributed by atoms with Crippen LogP contribution in [0.3, 0.4) is 0 Å². The van der Waals surface area contributed by atoms with Gasteiger partial charge in [0, 0.05) is 29.2 Å². The van der Waals surface area contributed by atoms with Crippen molar-refractivity contribution in [1.82, 2.24) is 5.12 Å². The van der Waals surface area contributed by atoms with E-state index < -0.39 is 0 Å². The van der Waals surface area contributed by atoms with Crippen molar-refractivity contribution in [2.45, 2.75) is 43.0 Å². The standard InChI is InChI=1S/C15H25N5S/c1-20(17)19-15(16)13-10-12(21-2)8-9-14(13)18-11-6-4-3-5-7-11/h8-11,18H,3-7,17H2,1-2H3,(H2,16,19). The number of nitrogens with one attached hydrogen (secondary N) is 1. The van der Waals surface area contributed by atoms with Gasteiger partial charge in [0.1, 0.15) is 0 Å². The molecule has 0 radical (unpaired) electrons. The van der Waals surface area contributed by atoms with Crippen LogP contribution in [0.5, 0.6) is 0 Å². The van der Waals surface area contributed by atoms with Gasteiger partial charge in [-0.1, -0.05) is 19.3 Å². The molecule has 1 aliphatic carbocycles. The molecule has 0 bridgehead atoms. The Labute approximate surface area is 131 Å². The highest BCUT2D eigenvalue weighted by molar-refractivity contribution is 7.98. The molecule has 0 atom stereocenters. The Morgan fingerprint density at radius 1 is 1.33 bits per heavy atom. The Kier molecular flexibility index (Phi) is 5.76. The predicted molar refractivity (Wildman–Crippen MR) is 91.4 cm³/mol. The molecule has 5 nitrogen and oxygen atoms in total. The van der Waals surface area contributed by atoms with E-state index in [1.807, 2.05) is 0 Å². The Morgan fingerprint density at radius 3 is 2.67 bits per heavy atom.